The van der Waals surface area contributed by atoms with Crippen LogP contribution in [0.15, 0.2) is 66.9 Å². The summed E-state index contributed by atoms with van der Waals surface area (Å²) in [6.45, 7) is 4.31. The number of hydrogen-bond acceptors (Lipinski definition) is 5. The number of ether oxygens (including phenoxy) is 1. The lowest BCUT2D eigenvalue weighted by Gasteiger charge is -2.32. The highest BCUT2D eigenvalue weighted by atomic mass is 16.5. The summed E-state index contributed by atoms with van der Waals surface area (Å²) in [6.07, 6.45) is 2.00. The summed E-state index contributed by atoms with van der Waals surface area (Å²) >= 11 is 0. The van der Waals surface area contributed by atoms with E-state index >= 15 is 0 Å². The predicted octanol–water partition coefficient (Wildman–Crippen LogP) is 4.29. The van der Waals surface area contributed by atoms with Crippen LogP contribution in [0, 0.1) is 11.3 Å². The van der Waals surface area contributed by atoms with Gasteiger partial charge in [0.25, 0.3) is 5.91 Å². The molecule has 156 valence electrons. The van der Waals surface area contributed by atoms with E-state index in [0.29, 0.717) is 23.4 Å². The lowest BCUT2D eigenvalue weighted by molar-refractivity contribution is 0.0529. The maximum atomic E-state index is 13.3. The third-order valence-electron chi connectivity index (χ3n) is 5.30. The fourth-order valence-electron chi connectivity index (χ4n) is 3.83. The highest BCUT2D eigenvalue weighted by Gasteiger charge is 2.20. The number of benzene rings is 2. The van der Waals surface area contributed by atoms with Crippen molar-refractivity contribution >= 4 is 17.4 Å². The Hall–Kier alpha value is -3.69. The van der Waals surface area contributed by atoms with E-state index in [4.69, 9.17) is 4.74 Å². The average molecular weight is 412 g/mol. The van der Waals surface area contributed by atoms with Gasteiger partial charge in [-0.2, -0.15) is 5.26 Å². The minimum absolute atomic E-state index is 0.163. The zero-order chi connectivity index (χ0) is 21.6. The van der Waals surface area contributed by atoms with Crippen LogP contribution in [0.5, 0.6) is 0 Å². The van der Waals surface area contributed by atoms with Crippen molar-refractivity contribution in [1.82, 2.24) is 4.98 Å². The van der Waals surface area contributed by atoms with Gasteiger partial charge in [-0.15, -0.1) is 0 Å². The number of rotatable bonds is 5. The molecule has 4 rings (SSSR count). The highest BCUT2D eigenvalue weighted by Crippen LogP contribution is 2.28. The highest BCUT2D eigenvalue weighted by molar-refractivity contribution is 6.09. The Morgan fingerprint density at radius 2 is 2.03 bits per heavy atom. The zero-order valence-electron chi connectivity index (χ0n) is 17.4. The number of anilines is 2. The van der Waals surface area contributed by atoms with Crippen LogP contribution in [0.2, 0.25) is 0 Å². The lowest BCUT2D eigenvalue weighted by atomic mass is 9.93. The fraction of sp³-hybridized carbons (Fsp3) is 0.240. The Kier molecular flexibility index (Phi) is 6.25. The quantitative estimate of drug-likeness (QED) is 0.676. The number of hydrogen-bond donors (Lipinski definition) is 1. The molecule has 0 saturated carbocycles. The first-order chi connectivity index (χ1) is 15.2. The molecule has 0 aliphatic carbocycles. The maximum absolute atomic E-state index is 13.3. The second kappa shape index (κ2) is 9.41. The third kappa shape index (κ3) is 4.73. The van der Waals surface area contributed by atoms with E-state index in [9.17, 15) is 10.1 Å². The van der Waals surface area contributed by atoms with Gasteiger partial charge in [-0.25, -0.2) is 4.98 Å². The van der Waals surface area contributed by atoms with Crippen LogP contribution in [0.1, 0.15) is 22.8 Å². The molecule has 1 saturated heterocycles. The molecule has 3 aromatic rings. The normalized spacial score (nSPS) is 15.9. The Labute approximate surface area is 182 Å². The van der Waals surface area contributed by atoms with Crippen molar-refractivity contribution in [3.8, 4) is 17.2 Å². The van der Waals surface area contributed by atoms with E-state index in [-0.39, 0.29) is 18.4 Å². The number of carbonyl (C=O) groups excluding carboxylic acids is 1. The Morgan fingerprint density at radius 3 is 2.74 bits per heavy atom. The van der Waals surface area contributed by atoms with Gasteiger partial charge in [0.2, 0.25) is 0 Å². The van der Waals surface area contributed by atoms with Crippen LogP contribution in [0.25, 0.3) is 11.1 Å². The predicted molar refractivity (Wildman–Crippen MR) is 121 cm³/mol. The molecule has 0 radical (unpaired) electrons. The summed E-state index contributed by atoms with van der Waals surface area (Å²) < 4.78 is 5.58. The smallest absolute Gasteiger partial charge is 0.256 e. The SMILES string of the molecule is CC1CN(c2ccc(NC(=O)c3c(CC#N)cccc3-c3ccccc3)cn2)CCO1. The molecule has 2 heterocycles. The van der Waals surface area contributed by atoms with E-state index in [1.807, 2.05) is 67.6 Å². The first kappa shape index (κ1) is 20.6. The second-order valence-corrected chi connectivity index (χ2v) is 7.53. The van der Waals surface area contributed by atoms with Crippen molar-refractivity contribution < 1.29 is 9.53 Å². The van der Waals surface area contributed by atoms with Crippen LogP contribution in [0.4, 0.5) is 11.5 Å². The van der Waals surface area contributed by atoms with Gasteiger partial charge in [0.1, 0.15) is 5.82 Å². The van der Waals surface area contributed by atoms with Gasteiger partial charge in [0.05, 0.1) is 42.6 Å². The summed E-state index contributed by atoms with van der Waals surface area (Å²) in [7, 11) is 0. The largest absolute Gasteiger partial charge is 0.375 e. The van der Waals surface area contributed by atoms with Crippen LogP contribution in [-0.4, -0.2) is 36.7 Å². The molecule has 1 N–H and O–H groups in total. The van der Waals surface area contributed by atoms with Crippen LogP contribution >= 0.6 is 0 Å². The molecule has 1 fully saturated rings. The van der Waals surface area contributed by atoms with Gasteiger partial charge in [0.15, 0.2) is 0 Å². The number of amides is 1. The molecular weight excluding hydrogens is 388 g/mol. The lowest BCUT2D eigenvalue weighted by Crippen LogP contribution is -2.41. The van der Waals surface area contributed by atoms with Gasteiger partial charge in [-0.3, -0.25) is 4.79 Å². The summed E-state index contributed by atoms with van der Waals surface area (Å²) in [5.74, 6) is 0.613. The van der Waals surface area contributed by atoms with Crippen LogP contribution in [-0.2, 0) is 11.2 Å². The molecule has 1 unspecified atom stereocenters. The number of aromatic nitrogens is 1. The van der Waals surface area contributed by atoms with Gasteiger partial charge in [-0.05, 0) is 35.7 Å². The molecule has 1 amide bonds. The first-order valence-corrected chi connectivity index (χ1v) is 10.3. The molecule has 1 aromatic heterocycles. The minimum atomic E-state index is -0.251. The van der Waals surface area contributed by atoms with E-state index in [0.717, 1.165) is 30.0 Å². The summed E-state index contributed by atoms with van der Waals surface area (Å²) in [5.41, 5.74) is 3.57. The van der Waals surface area contributed by atoms with Crippen molar-refractivity contribution in [2.75, 3.05) is 29.9 Å². The van der Waals surface area contributed by atoms with Gasteiger partial charge in [0, 0.05) is 13.1 Å². The molecule has 1 aliphatic rings. The van der Waals surface area contributed by atoms with Gasteiger partial charge < -0.3 is 15.0 Å². The molecule has 6 heteroatoms. The van der Waals surface area contributed by atoms with Crippen LogP contribution in [0.3, 0.4) is 0 Å². The molecule has 0 bridgehead atoms. The Balaban J connectivity index is 1.59. The topological polar surface area (TPSA) is 78.3 Å². The van der Waals surface area contributed by atoms with E-state index < -0.39 is 0 Å². The van der Waals surface area contributed by atoms with Crippen LogP contribution < -0.4 is 10.2 Å². The molecule has 1 atom stereocenters. The molecule has 0 spiro atoms. The number of pyridine rings is 1. The summed E-state index contributed by atoms with van der Waals surface area (Å²) in [6, 6.07) is 21.3. The van der Waals surface area contributed by atoms with Gasteiger partial charge in [-0.1, -0.05) is 48.5 Å². The third-order valence-corrected chi connectivity index (χ3v) is 5.30. The Morgan fingerprint density at radius 1 is 1.19 bits per heavy atom. The van der Waals surface area contributed by atoms with Crippen molar-refractivity contribution in [3.63, 3.8) is 0 Å². The monoisotopic (exact) mass is 412 g/mol. The Bertz CT molecular complexity index is 1090. The second-order valence-electron chi connectivity index (χ2n) is 7.53. The molecule has 6 nitrogen and oxygen atoms in total. The zero-order valence-corrected chi connectivity index (χ0v) is 17.4. The van der Waals surface area contributed by atoms with Crippen molar-refractivity contribution in [2.24, 2.45) is 0 Å². The number of nitrogens with zero attached hydrogens (tertiary/aromatic N) is 3. The standard InChI is InChI=1S/C25H24N4O2/c1-18-17-29(14-15-31-18)23-11-10-21(16-27-23)28-25(30)24-20(12-13-26)8-5-9-22(24)19-6-3-2-4-7-19/h2-11,16,18H,12,14-15,17H2,1H3,(H,28,30). The molecular formula is C25H24N4O2. The number of morpholine rings is 1. The molecule has 31 heavy (non-hydrogen) atoms. The van der Waals surface area contributed by atoms with E-state index in [2.05, 4.69) is 21.3 Å². The van der Waals surface area contributed by atoms with Crippen molar-refractivity contribution in [3.05, 3.63) is 78.0 Å². The van der Waals surface area contributed by atoms with Crippen molar-refractivity contribution in [1.29, 1.82) is 5.26 Å². The minimum Gasteiger partial charge on any atom is -0.375 e. The van der Waals surface area contributed by atoms with E-state index in [1.54, 1.807) is 6.20 Å². The van der Waals surface area contributed by atoms with E-state index in [1.165, 1.54) is 0 Å². The summed E-state index contributed by atoms with van der Waals surface area (Å²) in [5, 5.41) is 12.2. The summed E-state index contributed by atoms with van der Waals surface area (Å²) in [4.78, 5) is 20.0. The van der Waals surface area contributed by atoms with Gasteiger partial charge >= 0.3 is 0 Å². The number of carbonyl (C=O) groups is 1. The molecule has 2 aromatic carbocycles. The number of nitriles is 1. The van der Waals surface area contributed by atoms with Crippen molar-refractivity contribution in [2.45, 2.75) is 19.4 Å². The fourth-order valence-corrected chi connectivity index (χ4v) is 3.83. The molecule has 1 aliphatic heterocycles. The average Bonchev–Trinajstić information content (AvgIpc) is 2.80. The first-order valence-electron chi connectivity index (χ1n) is 10.3. The number of nitrogens with one attached hydrogen (secondary N) is 1. The maximum Gasteiger partial charge on any atom is 0.256 e.